The molecule has 170 valence electrons. The van der Waals surface area contributed by atoms with Gasteiger partial charge in [0, 0.05) is 13.2 Å². The summed E-state index contributed by atoms with van der Waals surface area (Å²) in [7, 11) is -3.53. The van der Waals surface area contributed by atoms with Crippen LogP contribution in [0.2, 0.25) is 0 Å². The van der Waals surface area contributed by atoms with Crippen LogP contribution in [-0.2, 0) is 17.1 Å². The summed E-state index contributed by atoms with van der Waals surface area (Å²) >= 11 is 0. The van der Waals surface area contributed by atoms with Gasteiger partial charge in [0.15, 0.2) is 0 Å². The molecule has 0 bridgehead atoms. The second-order valence-corrected chi connectivity index (χ2v) is 8.16. The van der Waals surface area contributed by atoms with Gasteiger partial charge in [0.25, 0.3) is 15.9 Å². The lowest BCUT2D eigenvalue weighted by atomic mass is 10.2. The number of alkyl halides is 3. The molecule has 0 radical (unpaired) electrons. The number of hydrogen-bond donors (Lipinski definition) is 1. The number of benzene rings is 2. The Bertz CT molecular complexity index is 1280. The van der Waals surface area contributed by atoms with E-state index in [0.29, 0.717) is 0 Å². The Balaban J connectivity index is 1.97. The van der Waals surface area contributed by atoms with Gasteiger partial charge in [-0.25, -0.2) is 26.9 Å². The van der Waals surface area contributed by atoms with E-state index < -0.39 is 55.8 Å². The maximum absolute atomic E-state index is 14.0. The average molecular weight is 475 g/mol. The van der Waals surface area contributed by atoms with Gasteiger partial charge in [0.05, 0.1) is 5.56 Å². The molecule has 3 rings (SSSR count). The third-order valence-electron chi connectivity index (χ3n) is 4.19. The Labute approximate surface area is 178 Å². The summed E-state index contributed by atoms with van der Waals surface area (Å²) < 4.78 is 97.9. The average Bonchev–Trinajstić information content (AvgIpc) is 3.01. The molecule has 7 nitrogen and oxygen atoms in total. The third kappa shape index (κ3) is 4.72. The van der Waals surface area contributed by atoms with Crippen molar-refractivity contribution in [1.29, 1.82) is 0 Å². The van der Waals surface area contributed by atoms with Gasteiger partial charge in [-0.15, -0.1) is 13.2 Å². The van der Waals surface area contributed by atoms with Crippen LogP contribution in [0.25, 0.3) is 11.4 Å². The van der Waals surface area contributed by atoms with Crippen molar-refractivity contribution in [1.82, 2.24) is 14.3 Å². The fraction of sp³-hybridized carbons (Fsp3) is 0.158. The fourth-order valence-corrected chi connectivity index (χ4v) is 4.24. The Morgan fingerprint density at radius 1 is 1.09 bits per heavy atom. The van der Waals surface area contributed by atoms with Gasteiger partial charge >= 0.3 is 6.36 Å². The number of sulfonamides is 1. The van der Waals surface area contributed by atoms with Crippen molar-refractivity contribution in [2.45, 2.75) is 18.2 Å². The molecule has 0 aliphatic carbocycles. The summed E-state index contributed by atoms with van der Waals surface area (Å²) in [6, 6.07) is 6.20. The number of hydrogen-bond acceptors (Lipinski definition) is 5. The van der Waals surface area contributed by atoms with Crippen LogP contribution in [0.3, 0.4) is 0 Å². The standard InChI is InChI=1S/C19H14F5N3O4S/c1-10-5-3-8-14(31-19(22,23)24)16(10)32(29,30)26-18(28)13-9-27(2)17(25-13)15-11(20)6-4-7-12(15)21/h3-9H,1-2H3,(H,26,28). The van der Waals surface area contributed by atoms with Crippen LogP contribution in [0, 0.1) is 18.6 Å². The van der Waals surface area contributed by atoms with E-state index in [1.165, 1.54) is 20.0 Å². The summed E-state index contributed by atoms with van der Waals surface area (Å²) in [6.07, 6.45) is -4.17. The van der Waals surface area contributed by atoms with Crippen molar-refractivity contribution < 1.29 is 39.9 Å². The number of amides is 1. The predicted molar refractivity (Wildman–Crippen MR) is 101 cm³/mol. The first-order valence-electron chi connectivity index (χ1n) is 8.70. The first-order chi connectivity index (χ1) is 14.8. The van der Waals surface area contributed by atoms with E-state index in [1.807, 2.05) is 0 Å². The molecule has 0 saturated carbocycles. The maximum Gasteiger partial charge on any atom is 0.573 e. The molecule has 0 spiro atoms. The summed E-state index contributed by atoms with van der Waals surface area (Å²) in [6.45, 7) is 1.21. The quantitative estimate of drug-likeness (QED) is 0.569. The zero-order valence-electron chi connectivity index (χ0n) is 16.4. The molecular formula is C19H14F5N3O4S. The van der Waals surface area contributed by atoms with E-state index >= 15 is 0 Å². The molecule has 0 unspecified atom stereocenters. The summed E-state index contributed by atoms with van der Waals surface area (Å²) in [4.78, 5) is 15.4. The summed E-state index contributed by atoms with van der Waals surface area (Å²) in [5.74, 6) is -4.60. The molecule has 3 aromatic rings. The highest BCUT2D eigenvalue weighted by molar-refractivity contribution is 7.90. The highest BCUT2D eigenvalue weighted by atomic mass is 32.2. The van der Waals surface area contributed by atoms with Crippen molar-refractivity contribution in [2.24, 2.45) is 7.05 Å². The van der Waals surface area contributed by atoms with E-state index in [2.05, 4.69) is 9.72 Å². The van der Waals surface area contributed by atoms with Gasteiger partial charge < -0.3 is 9.30 Å². The molecule has 0 atom stereocenters. The zero-order valence-corrected chi connectivity index (χ0v) is 17.2. The summed E-state index contributed by atoms with van der Waals surface area (Å²) in [5, 5.41) is 0. The lowest BCUT2D eigenvalue weighted by Gasteiger charge is -2.15. The number of nitrogens with zero attached hydrogens (tertiary/aromatic N) is 2. The molecular weight excluding hydrogens is 461 g/mol. The maximum atomic E-state index is 14.0. The number of nitrogens with one attached hydrogen (secondary N) is 1. The Morgan fingerprint density at radius 2 is 1.69 bits per heavy atom. The molecule has 0 aliphatic heterocycles. The van der Waals surface area contributed by atoms with Crippen molar-refractivity contribution in [2.75, 3.05) is 0 Å². The third-order valence-corrected chi connectivity index (χ3v) is 5.71. The second kappa shape index (κ2) is 8.22. The molecule has 32 heavy (non-hydrogen) atoms. The molecule has 0 aliphatic rings. The molecule has 0 fully saturated rings. The number of carbonyl (C=O) groups is 1. The van der Waals surface area contributed by atoms with Crippen LogP contribution < -0.4 is 9.46 Å². The first kappa shape index (κ1) is 23.2. The minimum absolute atomic E-state index is 0.123. The number of halogens is 5. The Morgan fingerprint density at radius 3 is 2.28 bits per heavy atom. The Hall–Kier alpha value is -3.48. The van der Waals surface area contributed by atoms with Gasteiger partial charge in [-0.3, -0.25) is 4.79 Å². The topological polar surface area (TPSA) is 90.3 Å². The lowest BCUT2D eigenvalue weighted by molar-refractivity contribution is -0.275. The van der Waals surface area contributed by atoms with Crippen LogP contribution in [0.4, 0.5) is 22.0 Å². The molecule has 0 saturated heterocycles. The molecule has 1 heterocycles. The first-order valence-corrected chi connectivity index (χ1v) is 10.2. The SMILES string of the molecule is Cc1cccc(OC(F)(F)F)c1S(=O)(=O)NC(=O)c1cn(C)c(-c2c(F)cccc2F)n1. The van der Waals surface area contributed by atoms with E-state index in [4.69, 9.17) is 0 Å². The smallest absolute Gasteiger partial charge is 0.404 e. The van der Waals surface area contributed by atoms with Crippen LogP contribution in [-0.4, -0.2) is 30.2 Å². The monoisotopic (exact) mass is 475 g/mol. The van der Waals surface area contributed by atoms with Gasteiger partial charge in [0.1, 0.15) is 33.8 Å². The highest BCUT2D eigenvalue weighted by Crippen LogP contribution is 2.32. The largest absolute Gasteiger partial charge is 0.573 e. The number of imidazole rings is 1. The molecule has 2 aromatic carbocycles. The van der Waals surface area contributed by atoms with Crippen molar-refractivity contribution in [3.05, 3.63) is 65.5 Å². The number of aromatic nitrogens is 2. The van der Waals surface area contributed by atoms with E-state index in [-0.39, 0.29) is 11.4 Å². The van der Waals surface area contributed by atoms with Crippen molar-refractivity contribution in [3.63, 3.8) is 0 Å². The van der Waals surface area contributed by atoms with Crippen LogP contribution in [0.1, 0.15) is 16.1 Å². The molecule has 1 amide bonds. The number of aryl methyl sites for hydroxylation is 2. The summed E-state index contributed by atoms with van der Waals surface area (Å²) in [5.41, 5.74) is -1.21. The van der Waals surface area contributed by atoms with Crippen molar-refractivity contribution in [3.8, 4) is 17.1 Å². The predicted octanol–water partition coefficient (Wildman–Crippen LogP) is 3.69. The van der Waals surface area contributed by atoms with E-state index in [9.17, 15) is 35.2 Å². The van der Waals surface area contributed by atoms with Crippen LogP contribution in [0.5, 0.6) is 5.75 Å². The second-order valence-electron chi connectivity index (χ2n) is 6.54. The van der Waals surface area contributed by atoms with E-state index in [1.54, 1.807) is 4.72 Å². The number of rotatable bonds is 5. The minimum Gasteiger partial charge on any atom is -0.404 e. The van der Waals surface area contributed by atoms with Gasteiger partial charge in [-0.1, -0.05) is 18.2 Å². The molecule has 1 aromatic heterocycles. The normalized spacial score (nSPS) is 12.0. The fourth-order valence-electron chi connectivity index (χ4n) is 2.92. The Kier molecular flexibility index (Phi) is 5.96. The van der Waals surface area contributed by atoms with Gasteiger partial charge in [-0.05, 0) is 30.7 Å². The molecule has 1 N–H and O–H groups in total. The minimum atomic E-state index is -5.18. The van der Waals surface area contributed by atoms with E-state index in [0.717, 1.165) is 41.1 Å². The zero-order chi connectivity index (χ0) is 23.8. The highest BCUT2D eigenvalue weighted by Gasteiger charge is 2.35. The van der Waals surface area contributed by atoms with Crippen molar-refractivity contribution >= 4 is 15.9 Å². The van der Waals surface area contributed by atoms with Gasteiger partial charge in [0.2, 0.25) is 0 Å². The lowest BCUT2D eigenvalue weighted by Crippen LogP contribution is -2.32. The number of ether oxygens (including phenoxy) is 1. The number of carbonyl (C=O) groups excluding carboxylic acids is 1. The molecule has 13 heteroatoms. The van der Waals surface area contributed by atoms with Crippen LogP contribution >= 0.6 is 0 Å². The van der Waals surface area contributed by atoms with Gasteiger partial charge in [-0.2, -0.15) is 0 Å². The van der Waals surface area contributed by atoms with Crippen LogP contribution in [0.15, 0.2) is 47.5 Å².